The van der Waals surface area contributed by atoms with Crippen LogP contribution in [-0.4, -0.2) is 46.9 Å². The lowest BCUT2D eigenvalue weighted by Crippen LogP contribution is -2.29. The Kier molecular flexibility index (Phi) is 5.30. The number of hydrogen-bond acceptors (Lipinski definition) is 5. The highest BCUT2D eigenvalue weighted by Gasteiger charge is 2.34. The molecule has 1 aliphatic rings. The van der Waals surface area contributed by atoms with Gasteiger partial charge in [-0.3, -0.25) is 9.59 Å². The predicted octanol–water partition coefficient (Wildman–Crippen LogP) is 4.12. The molecule has 8 heteroatoms. The van der Waals surface area contributed by atoms with Crippen LogP contribution in [0.4, 0.5) is 5.13 Å². The molecule has 1 aliphatic heterocycles. The van der Waals surface area contributed by atoms with Gasteiger partial charge < -0.3 is 19.9 Å². The molecule has 0 radical (unpaired) electrons. The van der Waals surface area contributed by atoms with Crippen LogP contribution in [-0.2, 0) is 16.0 Å². The average molecular weight is 449 g/mol. The fraction of sp³-hybridized carbons (Fsp3) is 0.292. The largest absolute Gasteiger partial charge is 0.497 e. The Balaban J connectivity index is 1.22. The Labute approximate surface area is 189 Å². The zero-order chi connectivity index (χ0) is 22.2. The molecule has 2 aromatic heterocycles. The first kappa shape index (κ1) is 20.5. The first-order valence-corrected chi connectivity index (χ1v) is 11.4. The summed E-state index contributed by atoms with van der Waals surface area (Å²) >= 11 is 1.40. The van der Waals surface area contributed by atoms with E-state index < -0.39 is 0 Å². The number of carbonyl (C=O) groups is 2. The number of fused-ring (bicyclic) bond motifs is 2. The second-order valence-electron chi connectivity index (χ2n) is 8.20. The number of aromatic nitrogens is 2. The maximum atomic E-state index is 12.8. The average Bonchev–Trinajstić information content (AvgIpc) is 3.47. The maximum absolute atomic E-state index is 12.8. The van der Waals surface area contributed by atoms with Crippen LogP contribution in [0.25, 0.3) is 21.1 Å². The lowest BCUT2D eigenvalue weighted by molar-refractivity contribution is -0.128. The van der Waals surface area contributed by atoms with E-state index in [-0.39, 0.29) is 24.2 Å². The maximum Gasteiger partial charge on any atom is 0.231 e. The second kappa shape index (κ2) is 8.27. The van der Waals surface area contributed by atoms with E-state index in [1.54, 1.807) is 12.0 Å². The first-order chi connectivity index (χ1) is 15.5. The van der Waals surface area contributed by atoms with Gasteiger partial charge in [0.25, 0.3) is 0 Å². The lowest BCUT2D eigenvalue weighted by atomic mass is 10.1. The fourth-order valence-electron chi connectivity index (χ4n) is 4.21. The number of hydrogen-bond donors (Lipinski definition) is 2. The number of likely N-dealkylation sites (tertiary alicyclic amines) is 1. The molecule has 164 valence electrons. The molecule has 1 saturated heterocycles. The third kappa shape index (κ3) is 3.93. The van der Waals surface area contributed by atoms with Crippen LogP contribution in [0.3, 0.4) is 0 Å². The summed E-state index contributed by atoms with van der Waals surface area (Å²) in [6.07, 6.45) is 3.00. The molecular formula is C24H24N4O3S. The molecule has 7 nitrogen and oxygen atoms in total. The van der Waals surface area contributed by atoms with E-state index in [4.69, 9.17) is 4.74 Å². The van der Waals surface area contributed by atoms with Crippen molar-refractivity contribution in [2.24, 2.45) is 5.92 Å². The van der Waals surface area contributed by atoms with Crippen molar-refractivity contribution in [1.29, 1.82) is 0 Å². The predicted molar refractivity (Wildman–Crippen MR) is 126 cm³/mol. The quantitative estimate of drug-likeness (QED) is 0.464. The van der Waals surface area contributed by atoms with Gasteiger partial charge in [-0.25, -0.2) is 4.98 Å². The van der Waals surface area contributed by atoms with Gasteiger partial charge >= 0.3 is 0 Å². The number of nitrogens with zero attached hydrogens (tertiary/aromatic N) is 2. The molecule has 0 aliphatic carbocycles. The van der Waals surface area contributed by atoms with Crippen molar-refractivity contribution in [3.05, 3.63) is 53.7 Å². The van der Waals surface area contributed by atoms with Crippen molar-refractivity contribution in [3.8, 4) is 5.75 Å². The van der Waals surface area contributed by atoms with E-state index in [2.05, 4.69) is 40.4 Å². The minimum Gasteiger partial charge on any atom is -0.497 e. The first-order valence-electron chi connectivity index (χ1n) is 10.6. The standard InChI is InChI=1S/C24H24N4O3S/c1-14-3-5-19-18(9-14)15(12-25-19)7-8-28-13-16(10-22(28)29)23(30)27-24-26-20-6-4-17(31-2)11-21(20)32-24/h3-6,9,11-12,16,25H,7-8,10,13H2,1-2H3,(H,26,27,30)/t16-/m0/s1. The number of aromatic amines is 1. The van der Waals surface area contributed by atoms with Crippen LogP contribution >= 0.6 is 11.3 Å². The molecule has 2 N–H and O–H groups in total. The third-order valence-electron chi connectivity index (χ3n) is 5.99. The zero-order valence-electron chi connectivity index (χ0n) is 18.0. The van der Waals surface area contributed by atoms with Crippen molar-refractivity contribution in [1.82, 2.24) is 14.9 Å². The van der Waals surface area contributed by atoms with Gasteiger partial charge in [-0.05, 0) is 49.2 Å². The van der Waals surface area contributed by atoms with Gasteiger partial charge in [-0.2, -0.15) is 0 Å². The molecule has 2 amide bonds. The van der Waals surface area contributed by atoms with E-state index in [1.807, 2.05) is 24.4 Å². The Morgan fingerprint density at radius 3 is 3.03 bits per heavy atom. The summed E-state index contributed by atoms with van der Waals surface area (Å²) in [6.45, 7) is 3.11. The number of aryl methyl sites for hydroxylation is 1. The van der Waals surface area contributed by atoms with Crippen LogP contribution in [0.5, 0.6) is 5.75 Å². The molecular weight excluding hydrogens is 424 g/mol. The van der Waals surface area contributed by atoms with Gasteiger partial charge in [0.05, 0.1) is 23.2 Å². The van der Waals surface area contributed by atoms with Gasteiger partial charge in [0.2, 0.25) is 11.8 Å². The van der Waals surface area contributed by atoms with E-state index >= 15 is 0 Å². The Morgan fingerprint density at radius 2 is 2.19 bits per heavy atom. The van der Waals surface area contributed by atoms with Gasteiger partial charge in [0.1, 0.15) is 5.75 Å². The number of ether oxygens (including phenoxy) is 1. The van der Waals surface area contributed by atoms with Gasteiger partial charge in [0.15, 0.2) is 5.13 Å². The van der Waals surface area contributed by atoms with Crippen molar-refractivity contribution in [2.75, 3.05) is 25.5 Å². The topological polar surface area (TPSA) is 87.3 Å². The van der Waals surface area contributed by atoms with Crippen LogP contribution in [0.1, 0.15) is 17.5 Å². The van der Waals surface area contributed by atoms with E-state index in [9.17, 15) is 9.59 Å². The number of methoxy groups -OCH3 is 1. The second-order valence-corrected chi connectivity index (χ2v) is 9.23. The van der Waals surface area contributed by atoms with E-state index in [0.29, 0.717) is 18.2 Å². The summed E-state index contributed by atoms with van der Waals surface area (Å²) in [5, 5.41) is 4.63. The highest BCUT2D eigenvalue weighted by Crippen LogP contribution is 2.30. The number of thiazole rings is 1. The molecule has 0 unspecified atom stereocenters. The molecule has 32 heavy (non-hydrogen) atoms. The van der Waals surface area contributed by atoms with Crippen molar-refractivity contribution in [2.45, 2.75) is 19.8 Å². The molecule has 0 spiro atoms. The highest BCUT2D eigenvalue weighted by atomic mass is 32.1. The van der Waals surface area contributed by atoms with Crippen LogP contribution in [0.2, 0.25) is 0 Å². The number of rotatable bonds is 6. The van der Waals surface area contributed by atoms with Gasteiger partial charge in [0, 0.05) is 36.6 Å². The number of anilines is 1. The minimum atomic E-state index is -0.366. The highest BCUT2D eigenvalue weighted by molar-refractivity contribution is 7.22. The Bertz CT molecular complexity index is 1330. The molecule has 5 rings (SSSR count). The minimum absolute atomic E-state index is 0.0233. The number of H-pyrrole nitrogens is 1. The number of carbonyl (C=O) groups excluding carboxylic acids is 2. The van der Waals surface area contributed by atoms with Crippen molar-refractivity contribution in [3.63, 3.8) is 0 Å². The number of nitrogens with one attached hydrogen (secondary N) is 2. The lowest BCUT2D eigenvalue weighted by Gasteiger charge is -2.16. The molecule has 0 bridgehead atoms. The third-order valence-corrected chi connectivity index (χ3v) is 6.92. The summed E-state index contributed by atoms with van der Waals surface area (Å²) in [7, 11) is 1.62. The summed E-state index contributed by atoms with van der Waals surface area (Å²) in [5.74, 6) is 0.250. The van der Waals surface area contributed by atoms with Gasteiger partial charge in [-0.1, -0.05) is 23.0 Å². The van der Waals surface area contributed by atoms with Crippen molar-refractivity contribution >= 4 is 49.4 Å². The Morgan fingerprint density at radius 1 is 1.31 bits per heavy atom. The SMILES string of the molecule is COc1ccc2nc(NC(=O)[C@H]3CC(=O)N(CCc4c[nH]c5ccc(C)cc45)C3)sc2c1. The van der Waals surface area contributed by atoms with E-state index in [1.165, 1.54) is 27.8 Å². The van der Waals surface area contributed by atoms with Crippen LogP contribution in [0.15, 0.2) is 42.6 Å². The summed E-state index contributed by atoms with van der Waals surface area (Å²) in [6, 6.07) is 11.9. The molecule has 3 heterocycles. The summed E-state index contributed by atoms with van der Waals surface area (Å²) in [5.41, 5.74) is 4.31. The van der Waals surface area contributed by atoms with Crippen molar-refractivity contribution < 1.29 is 14.3 Å². The number of amides is 2. The normalized spacial score (nSPS) is 16.2. The molecule has 1 fully saturated rings. The zero-order valence-corrected chi connectivity index (χ0v) is 18.8. The van der Waals surface area contributed by atoms with E-state index in [0.717, 1.165) is 27.9 Å². The Hall–Kier alpha value is -3.39. The molecule has 1 atom stereocenters. The number of benzene rings is 2. The molecule has 2 aromatic carbocycles. The summed E-state index contributed by atoms with van der Waals surface area (Å²) < 4.78 is 6.19. The molecule has 4 aromatic rings. The van der Waals surface area contributed by atoms with Crippen LogP contribution in [0, 0.1) is 12.8 Å². The summed E-state index contributed by atoms with van der Waals surface area (Å²) in [4.78, 5) is 34.9. The monoisotopic (exact) mass is 448 g/mol. The van der Waals surface area contributed by atoms with Gasteiger partial charge in [-0.15, -0.1) is 0 Å². The van der Waals surface area contributed by atoms with Crippen LogP contribution < -0.4 is 10.1 Å². The fourth-order valence-corrected chi connectivity index (χ4v) is 5.11. The molecule has 0 saturated carbocycles. The smallest absolute Gasteiger partial charge is 0.231 e.